The molecule has 0 aliphatic carbocycles. The van der Waals surface area contributed by atoms with E-state index in [1.54, 1.807) is 0 Å². The molecule has 0 amide bonds. The molecule has 0 aliphatic heterocycles. The first kappa shape index (κ1) is 18.0. The van der Waals surface area contributed by atoms with Gasteiger partial charge in [0.15, 0.2) is 20.9 Å². The lowest BCUT2D eigenvalue weighted by atomic mass is 10.2. The van der Waals surface area contributed by atoms with Crippen molar-refractivity contribution in [1.82, 2.24) is 4.31 Å². The third kappa shape index (κ3) is 4.83. The minimum absolute atomic E-state index is 0. The summed E-state index contributed by atoms with van der Waals surface area (Å²) in [7, 11) is 2.20. The molecule has 0 saturated carbocycles. The van der Waals surface area contributed by atoms with Crippen LogP contribution in [0.25, 0.3) is 0 Å². The zero-order chi connectivity index (χ0) is 15.2. The Labute approximate surface area is 158 Å². The van der Waals surface area contributed by atoms with Gasteiger partial charge in [0.2, 0.25) is 0 Å². The molecule has 0 aromatic heterocycles. The molecule has 0 N–H and O–H groups in total. The summed E-state index contributed by atoms with van der Waals surface area (Å²) in [6.07, 6.45) is 0. The van der Waals surface area contributed by atoms with Crippen molar-refractivity contribution >= 4 is 11.1 Å². The zero-order valence-corrected chi connectivity index (χ0v) is 16.1. The topological polar surface area (TPSA) is 3.24 Å². The molecule has 1 nitrogen and oxygen atoms in total. The highest BCUT2D eigenvalue weighted by Crippen LogP contribution is 2.27. The summed E-state index contributed by atoms with van der Waals surface area (Å²) >= 11 is -0.0632. The third-order valence-corrected chi connectivity index (χ3v) is 5.68. The van der Waals surface area contributed by atoms with Crippen LogP contribution in [0.2, 0.25) is 0 Å². The van der Waals surface area contributed by atoms with Crippen molar-refractivity contribution in [2.24, 2.45) is 0 Å². The van der Waals surface area contributed by atoms with E-state index >= 15 is 0 Å². The van der Waals surface area contributed by atoms with Crippen molar-refractivity contribution in [1.29, 1.82) is 0 Å². The maximum absolute atomic E-state index is 2.43. The van der Waals surface area contributed by atoms with Crippen LogP contribution in [-0.2, 0) is 17.6 Å². The van der Waals surface area contributed by atoms with Crippen LogP contribution >= 0.6 is 0 Å². The molecular formula is C20H20INS. The largest absolute Gasteiger partial charge is 1.00 e. The Kier molecular flexibility index (Phi) is 7.15. The first-order valence-electron chi connectivity index (χ1n) is 7.44. The Hall–Kier alpha value is -1.30. The van der Waals surface area contributed by atoms with Gasteiger partial charge in [0.05, 0.1) is 6.54 Å². The molecule has 3 heteroatoms. The van der Waals surface area contributed by atoms with Crippen LogP contribution in [0.3, 0.4) is 0 Å². The van der Waals surface area contributed by atoms with E-state index in [2.05, 4.69) is 102 Å². The molecule has 118 valence electrons. The summed E-state index contributed by atoms with van der Waals surface area (Å²) in [5.74, 6) is 0. The minimum atomic E-state index is -0.0632. The Balaban J connectivity index is 0.00000192. The molecule has 23 heavy (non-hydrogen) atoms. The van der Waals surface area contributed by atoms with Crippen molar-refractivity contribution in [3.63, 3.8) is 0 Å². The number of hydrogen-bond donors (Lipinski definition) is 0. The third-order valence-electron chi connectivity index (χ3n) is 3.49. The van der Waals surface area contributed by atoms with Gasteiger partial charge in [-0.1, -0.05) is 66.7 Å². The maximum atomic E-state index is 2.43. The molecule has 0 bridgehead atoms. The van der Waals surface area contributed by atoms with Crippen LogP contribution in [0, 0.1) is 0 Å². The molecule has 0 saturated heterocycles. The molecule has 0 heterocycles. The Morgan fingerprint density at radius 1 is 0.652 bits per heavy atom. The molecule has 0 aliphatic rings. The van der Waals surface area contributed by atoms with Crippen LogP contribution in [-0.4, -0.2) is 11.4 Å². The quantitative estimate of drug-likeness (QED) is 0.438. The Morgan fingerprint density at radius 2 is 1.04 bits per heavy atom. The van der Waals surface area contributed by atoms with Crippen LogP contribution < -0.4 is 24.0 Å². The molecule has 0 fully saturated rings. The highest BCUT2D eigenvalue weighted by molar-refractivity contribution is 7.94. The Bertz CT molecular complexity index is 649. The summed E-state index contributed by atoms with van der Waals surface area (Å²) in [5, 5.41) is 0. The molecule has 0 atom stereocenters. The number of nitrogens with zero attached hydrogens (tertiary/aromatic N) is 1. The zero-order valence-electron chi connectivity index (χ0n) is 13.1. The fourth-order valence-electron chi connectivity index (χ4n) is 2.50. The van der Waals surface area contributed by atoms with Gasteiger partial charge in [-0.05, 0) is 29.8 Å². The molecule has 0 unspecified atom stereocenters. The first-order valence-corrected chi connectivity index (χ1v) is 8.62. The molecular weight excluding hydrogens is 413 g/mol. The average Bonchev–Trinajstić information content (AvgIpc) is 2.58. The SMILES string of the molecule is CN(Cc1ccccc1)[S+](c1ccccc1)c1ccccc1.[I-]. The van der Waals surface area contributed by atoms with E-state index in [1.165, 1.54) is 15.4 Å². The summed E-state index contributed by atoms with van der Waals surface area (Å²) < 4.78 is 2.43. The summed E-state index contributed by atoms with van der Waals surface area (Å²) in [5.41, 5.74) is 1.34. The molecule has 3 aromatic carbocycles. The normalized spacial score (nSPS) is 10.6. The summed E-state index contributed by atoms with van der Waals surface area (Å²) in [6, 6.07) is 32.2. The standard InChI is InChI=1S/C20H20NS.HI/c1-21(17-18-11-5-2-6-12-18)22(19-13-7-3-8-14-19)20-15-9-4-10-16-20;/h2-16H,17H2,1H3;1H/q+1;/p-1. The van der Waals surface area contributed by atoms with Gasteiger partial charge in [0, 0.05) is 7.05 Å². The van der Waals surface area contributed by atoms with Crippen LogP contribution in [0.5, 0.6) is 0 Å². The molecule has 0 spiro atoms. The van der Waals surface area contributed by atoms with E-state index in [4.69, 9.17) is 0 Å². The number of halogens is 1. The van der Waals surface area contributed by atoms with E-state index in [1.807, 2.05) is 0 Å². The molecule has 3 rings (SSSR count). The van der Waals surface area contributed by atoms with Crippen molar-refractivity contribution in [2.75, 3.05) is 7.05 Å². The Morgan fingerprint density at radius 3 is 1.48 bits per heavy atom. The predicted molar refractivity (Wildman–Crippen MR) is 94.7 cm³/mol. The van der Waals surface area contributed by atoms with E-state index in [0.717, 1.165) is 6.54 Å². The second kappa shape index (κ2) is 9.11. The van der Waals surface area contributed by atoms with Gasteiger partial charge < -0.3 is 24.0 Å². The van der Waals surface area contributed by atoms with Gasteiger partial charge in [0.25, 0.3) is 0 Å². The van der Waals surface area contributed by atoms with Crippen molar-refractivity contribution in [3.05, 3.63) is 96.6 Å². The predicted octanol–water partition coefficient (Wildman–Crippen LogP) is 1.77. The lowest BCUT2D eigenvalue weighted by molar-refractivity contribution is -0.00000440. The van der Waals surface area contributed by atoms with Gasteiger partial charge in [-0.2, -0.15) is 0 Å². The van der Waals surface area contributed by atoms with E-state index in [9.17, 15) is 0 Å². The number of hydrogen-bond acceptors (Lipinski definition) is 1. The molecule has 3 aromatic rings. The number of rotatable bonds is 5. The maximum Gasteiger partial charge on any atom is 0.182 e. The van der Waals surface area contributed by atoms with Crippen molar-refractivity contribution < 1.29 is 24.0 Å². The highest BCUT2D eigenvalue weighted by Gasteiger charge is 2.31. The van der Waals surface area contributed by atoms with Crippen LogP contribution in [0.4, 0.5) is 0 Å². The highest BCUT2D eigenvalue weighted by atomic mass is 127. The van der Waals surface area contributed by atoms with Crippen molar-refractivity contribution in [2.45, 2.75) is 16.3 Å². The van der Waals surface area contributed by atoms with Gasteiger partial charge in [-0.3, -0.25) is 0 Å². The smallest absolute Gasteiger partial charge is 0.182 e. The van der Waals surface area contributed by atoms with Gasteiger partial charge in [0.1, 0.15) is 0 Å². The average molecular weight is 433 g/mol. The van der Waals surface area contributed by atoms with E-state index in [0.29, 0.717) is 0 Å². The van der Waals surface area contributed by atoms with Crippen LogP contribution in [0.1, 0.15) is 5.56 Å². The van der Waals surface area contributed by atoms with Gasteiger partial charge in [-0.25, -0.2) is 0 Å². The first-order chi connectivity index (χ1) is 10.8. The van der Waals surface area contributed by atoms with Gasteiger partial charge >= 0.3 is 0 Å². The fourth-order valence-corrected chi connectivity index (χ4v) is 4.60. The second-order valence-electron chi connectivity index (χ2n) is 5.18. The van der Waals surface area contributed by atoms with Crippen LogP contribution in [0.15, 0.2) is 101 Å². The van der Waals surface area contributed by atoms with E-state index < -0.39 is 0 Å². The monoisotopic (exact) mass is 433 g/mol. The fraction of sp³-hybridized carbons (Fsp3) is 0.100. The lowest BCUT2D eigenvalue weighted by Gasteiger charge is -2.17. The van der Waals surface area contributed by atoms with Gasteiger partial charge in [-0.15, -0.1) is 4.31 Å². The summed E-state index contributed by atoms with van der Waals surface area (Å²) in [4.78, 5) is 2.71. The van der Waals surface area contributed by atoms with Crippen molar-refractivity contribution in [3.8, 4) is 0 Å². The minimum Gasteiger partial charge on any atom is -1.00 e. The van der Waals surface area contributed by atoms with E-state index in [-0.39, 0.29) is 35.1 Å². The molecule has 0 radical (unpaired) electrons. The number of benzene rings is 3. The lowest BCUT2D eigenvalue weighted by Crippen LogP contribution is -3.00. The second-order valence-corrected chi connectivity index (χ2v) is 7.32. The summed E-state index contributed by atoms with van der Waals surface area (Å²) in [6.45, 7) is 0.938.